The highest BCUT2D eigenvalue weighted by Crippen LogP contribution is 2.31. The van der Waals surface area contributed by atoms with Crippen LogP contribution in [0.5, 0.6) is 5.75 Å². The Bertz CT molecular complexity index is 1200. The maximum absolute atomic E-state index is 13.5. The highest BCUT2D eigenvalue weighted by Gasteiger charge is 2.29. The van der Waals surface area contributed by atoms with Gasteiger partial charge in [-0.2, -0.15) is 0 Å². The number of hydrogen-bond donors (Lipinski definition) is 1. The van der Waals surface area contributed by atoms with Crippen molar-refractivity contribution in [1.29, 1.82) is 0 Å². The smallest absolute Gasteiger partial charge is 0.264 e. The molecule has 3 aromatic carbocycles. The minimum atomic E-state index is -4.01. The van der Waals surface area contributed by atoms with Gasteiger partial charge in [0.05, 0.1) is 23.7 Å². The molecule has 0 aliphatic rings. The summed E-state index contributed by atoms with van der Waals surface area (Å²) < 4.78 is 33.4. The highest BCUT2D eigenvalue weighted by molar-refractivity contribution is 7.92. The summed E-state index contributed by atoms with van der Waals surface area (Å²) in [6.07, 6.45) is 0. The summed E-state index contributed by atoms with van der Waals surface area (Å²) in [4.78, 5) is 13.1. The van der Waals surface area contributed by atoms with Gasteiger partial charge >= 0.3 is 0 Å². The lowest BCUT2D eigenvalue weighted by Crippen LogP contribution is -2.42. The van der Waals surface area contributed by atoms with Crippen LogP contribution >= 0.6 is 11.6 Å². The van der Waals surface area contributed by atoms with Gasteiger partial charge in [-0.05, 0) is 49.7 Å². The Morgan fingerprint density at radius 2 is 1.69 bits per heavy atom. The van der Waals surface area contributed by atoms with Crippen LogP contribution in [-0.2, 0) is 14.8 Å². The summed E-state index contributed by atoms with van der Waals surface area (Å²) in [5.74, 6) is 0.182. The molecule has 3 aromatic rings. The number of nitrogens with zero attached hydrogens (tertiary/aromatic N) is 1. The molecule has 0 saturated carbocycles. The first-order valence-corrected chi connectivity index (χ1v) is 11.8. The van der Waals surface area contributed by atoms with E-state index in [0.717, 1.165) is 9.87 Å². The summed E-state index contributed by atoms with van der Waals surface area (Å²) in [6, 6.07) is 19.9. The molecule has 8 heteroatoms. The molecule has 0 saturated heterocycles. The number of para-hydroxylation sites is 1. The van der Waals surface area contributed by atoms with Crippen molar-refractivity contribution in [1.82, 2.24) is 5.32 Å². The molecule has 1 amide bonds. The lowest BCUT2D eigenvalue weighted by atomic mass is 10.1. The standard InChI is InChI=1S/C24H25ClN2O4S/c1-17-21(25)13-9-14-22(17)27(32(29,30)19-10-5-4-6-11-19)16-24(28)26-18(2)20-12-7-8-15-23(20)31-3/h4-15,18H,16H2,1-3H3,(H,26,28)/t18-/m0/s1. The van der Waals surface area contributed by atoms with E-state index in [-0.39, 0.29) is 10.9 Å². The molecular formula is C24H25ClN2O4S. The molecule has 0 bridgehead atoms. The van der Waals surface area contributed by atoms with Gasteiger partial charge in [0.2, 0.25) is 5.91 Å². The van der Waals surface area contributed by atoms with Crippen molar-refractivity contribution >= 4 is 33.2 Å². The normalized spacial score (nSPS) is 12.1. The van der Waals surface area contributed by atoms with Crippen LogP contribution in [0.2, 0.25) is 5.02 Å². The second kappa shape index (κ2) is 10.1. The third kappa shape index (κ3) is 5.06. The van der Waals surface area contributed by atoms with Gasteiger partial charge < -0.3 is 10.1 Å². The second-order valence-corrected chi connectivity index (χ2v) is 9.51. The van der Waals surface area contributed by atoms with Crippen molar-refractivity contribution in [2.24, 2.45) is 0 Å². The van der Waals surface area contributed by atoms with E-state index in [9.17, 15) is 13.2 Å². The largest absolute Gasteiger partial charge is 0.496 e. The fraction of sp³-hybridized carbons (Fsp3) is 0.208. The summed E-state index contributed by atoms with van der Waals surface area (Å²) >= 11 is 6.25. The zero-order valence-electron chi connectivity index (χ0n) is 18.1. The van der Waals surface area contributed by atoms with E-state index in [2.05, 4.69) is 5.32 Å². The molecule has 1 atom stereocenters. The first-order valence-electron chi connectivity index (χ1n) is 10.0. The first kappa shape index (κ1) is 23.6. The zero-order chi connectivity index (χ0) is 23.3. The number of ether oxygens (including phenoxy) is 1. The Kier molecular flexibility index (Phi) is 7.43. The number of carbonyl (C=O) groups excluding carboxylic acids is 1. The molecular weight excluding hydrogens is 448 g/mol. The fourth-order valence-corrected chi connectivity index (χ4v) is 5.07. The van der Waals surface area contributed by atoms with Crippen molar-refractivity contribution in [2.75, 3.05) is 18.0 Å². The number of methoxy groups -OCH3 is 1. The van der Waals surface area contributed by atoms with Gasteiger partial charge in [0.25, 0.3) is 10.0 Å². The maximum atomic E-state index is 13.5. The molecule has 0 radical (unpaired) electrons. The number of sulfonamides is 1. The number of nitrogens with one attached hydrogen (secondary N) is 1. The number of rotatable bonds is 8. The topological polar surface area (TPSA) is 75.7 Å². The van der Waals surface area contributed by atoms with Crippen LogP contribution in [0.4, 0.5) is 5.69 Å². The van der Waals surface area contributed by atoms with E-state index in [4.69, 9.17) is 16.3 Å². The predicted molar refractivity (Wildman–Crippen MR) is 127 cm³/mol. The number of hydrogen-bond acceptors (Lipinski definition) is 4. The third-order valence-corrected chi connectivity index (χ3v) is 7.29. The number of benzene rings is 3. The van der Waals surface area contributed by atoms with Crippen molar-refractivity contribution in [3.05, 3.63) is 88.9 Å². The Morgan fingerprint density at radius 3 is 2.38 bits per heavy atom. The Labute approximate surface area is 193 Å². The Balaban J connectivity index is 1.94. The monoisotopic (exact) mass is 472 g/mol. The Hall–Kier alpha value is -3.03. The zero-order valence-corrected chi connectivity index (χ0v) is 19.7. The van der Waals surface area contributed by atoms with Gasteiger partial charge in [-0.15, -0.1) is 0 Å². The van der Waals surface area contributed by atoms with Crippen molar-refractivity contribution in [2.45, 2.75) is 24.8 Å². The molecule has 0 heterocycles. The minimum Gasteiger partial charge on any atom is -0.496 e. The molecule has 32 heavy (non-hydrogen) atoms. The van der Waals surface area contributed by atoms with Crippen LogP contribution in [0.15, 0.2) is 77.7 Å². The van der Waals surface area contributed by atoms with Crippen molar-refractivity contribution < 1.29 is 17.9 Å². The molecule has 3 rings (SSSR count). The van der Waals surface area contributed by atoms with Gasteiger partial charge in [0.15, 0.2) is 0 Å². The van der Waals surface area contributed by atoms with Crippen LogP contribution in [-0.4, -0.2) is 28.0 Å². The van der Waals surface area contributed by atoms with Gasteiger partial charge in [0.1, 0.15) is 12.3 Å². The summed E-state index contributed by atoms with van der Waals surface area (Å²) in [7, 11) is -2.45. The number of anilines is 1. The molecule has 1 N–H and O–H groups in total. The lowest BCUT2D eigenvalue weighted by Gasteiger charge is -2.27. The lowest BCUT2D eigenvalue weighted by molar-refractivity contribution is -0.120. The average molecular weight is 473 g/mol. The molecule has 0 aliphatic carbocycles. The second-order valence-electron chi connectivity index (χ2n) is 7.24. The molecule has 168 valence electrons. The first-order chi connectivity index (χ1) is 15.3. The average Bonchev–Trinajstić information content (AvgIpc) is 2.80. The van der Waals surface area contributed by atoms with E-state index >= 15 is 0 Å². The Morgan fingerprint density at radius 1 is 1.03 bits per heavy atom. The van der Waals surface area contributed by atoms with Gasteiger partial charge in [-0.3, -0.25) is 9.10 Å². The summed E-state index contributed by atoms with van der Waals surface area (Å²) in [5.41, 5.74) is 1.71. The summed E-state index contributed by atoms with van der Waals surface area (Å²) in [6.45, 7) is 3.13. The van der Waals surface area contributed by atoms with E-state index < -0.39 is 22.5 Å². The number of amides is 1. The molecule has 0 fully saturated rings. The minimum absolute atomic E-state index is 0.0879. The van der Waals surface area contributed by atoms with Crippen molar-refractivity contribution in [3.8, 4) is 5.75 Å². The van der Waals surface area contributed by atoms with Crippen LogP contribution < -0.4 is 14.4 Å². The van der Waals surface area contributed by atoms with Gasteiger partial charge in [-0.25, -0.2) is 8.42 Å². The number of halogens is 1. The molecule has 0 aliphatic heterocycles. The van der Waals surface area contributed by atoms with Gasteiger partial charge in [0, 0.05) is 10.6 Å². The van der Waals surface area contributed by atoms with Crippen LogP contribution in [0, 0.1) is 6.92 Å². The fourth-order valence-electron chi connectivity index (χ4n) is 3.41. The summed E-state index contributed by atoms with van der Waals surface area (Å²) in [5, 5.41) is 3.29. The predicted octanol–water partition coefficient (Wildman–Crippen LogP) is 4.73. The molecule has 0 unspecified atom stereocenters. The highest BCUT2D eigenvalue weighted by atomic mass is 35.5. The van der Waals surface area contributed by atoms with Crippen LogP contribution in [0.3, 0.4) is 0 Å². The van der Waals surface area contributed by atoms with E-state index in [1.54, 1.807) is 56.5 Å². The van der Waals surface area contributed by atoms with Crippen LogP contribution in [0.25, 0.3) is 0 Å². The molecule has 0 spiro atoms. The third-order valence-electron chi connectivity index (χ3n) is 5.11. The van der Waals surface area contributed by atoms with E-state index in [0.29, 0.717) is 22.0 Å². The van der Waals surface area contributed by atoms with E-state index in [1.165, 1.54) is 12.1 Å². The molecule has 0 aromatic heterocycles. The quantitative estimate of drug-likeness (QED) is 0.514. The number of carbonyl (C=O) groups is 1. The SMILES string of the molecule is COc1ccccc1[C@H](C)NC(=O)CN(c1cccc(Cl)c1C)S(=O)(=O)c1ccccc1. The van der Waals surface area contributed by atoms with E-state index in [1.807, 2.05) is 25.1 Å². The maximum Gasteiger partial charge on any atom is 0.264 e. The van der Waals surface area contributed by atoms with Gasteiger partial charge in [-0.1, -0.05) is 54.1 Å². The van der Waals surface area contributed by atoms with Crippen molar-refractivity contribution in [3.63, 3.8) is 0 Å². The van der Waals surface area contributed by atoms with Crippen LogP contribution in [0.1, 0.15) is 24.1 Å². The molecule has 6 nitrogen and oxygen atoms in total.